The minimum absolute atomic E-state index is 0.0566. The Bertz CT molecular complexity index is 533. The molecule has 1 aromatic carbocycles. The maximum atomic E-state index is 6.11. The molecule has 102 valence electrons. The summed E-state index contributed by atoms with van der Waals surface area (Å²) < 4.78 is 2.11. The molecule has 0 bridgehead atoms. The molecule has 0 aliphatic heterocycles. The van der Waals surface area contributed by atoms with Gasteiger partial charge in [0.15, 0.2) is 11.0 Å². The maximum absolute atomic E-state index is 6.11. The van der Waals surface area contributed by atoms with E-state index in [1.165, 1.54) is 11.1 Å². The first-order chi connectivity index (χ1) is 9.15. The van der Waals surface area contributed by atoms with Crippen LogP contribution in [0.4, 0.5) is 0 Å². The molecule has 0 radical (unpaired) electrons. The molecule has 5 heteroatoms. The van der Waals surface area contributed by atoms with Crippen molar-refractivity contribution in [2.75, 3.05) is 6.26 Å². The minimum Gasteiger partial charge on any atom is -0.321 e. The summed E-state index contributed by atoms with van der Waals surface area (Å²) in [5.41, 5.74) is 8.62. The average molecular weight is 276 g/mol. The van der Waals surface area contributed by atoms with Crippen LogP contribution in [0.2, 0.25) is 0 Å². The zero-order valence-corrected chi connectivity index (χ0v) is 12.4. The Balaban J connectivity index is 2.31. The van der Waals surface area contributed by atoms with Crippen molar-refractivity contribution in [3.05, 3.63) is 41.2 Å². The van der Waals surface area contributed by atoms with Crippen molar-refractivity contribution in [3.8, 4) is 0 Å². The lowest BCUT2D eigenvalue weighted by Crippen LogP contribution is -2.17. The molecule has 1 aromatic heterocycles. The molecule has 0 aliphatic rings. The number of thioether (sulfide) groups is 1. The summed E-state index contributed by atoms with van der Waals surface area (Å²) in [7, 11) is 0. The fraction of sp³-hybridized carbons (Fsp3) is 0.429. The van der Waals surface area contributed by atoms with Crippen molar-refractivity contribution in [1.82, 2.24) is 14.8 Å². The summed E-state index contributed by atoms with van der Waals surface area (Å²) in [5, 5.41) is 9.37. The van der Waals surface area contributed by atoms with Gasteiger partial charge in [-0.2, -0.15) is 0 Å². The van der Waals surface area contributed by atoms with Gasteiger partial charge in [-0.05, 0) is 25.2 Å². The van der Waals surface area contributed by atoms with Gasteiger partial charge in [0.05, 0.1) is 12.6 Å². The number of rotatable bonds is 5. The first kappa shape index (κ1) is 14.1. The Morgan fingerprint density at radius 1 is 1.26 bits per heavy atom. The molecule has 0 saturated carbocycles. The van der Waals surface area contributed by atoms with Gasteiger partial charge in [0.2, 0.25) is 0 Å². The highest BCUT2D eigenvalue weighted by Gasteiger charge is 2.16. The Morgan fingerprint density at radius 3 is 2.53 bits per heavy atom. The second-order valence-electron chi connectivity index (χ2n) is 4.63. The molecule has 0 fully saturated rings. The highest BCUT2D eigenvalue weighted by molar-refractivity contribution is 7.98. The van der Waals surface area contributed by atoms with Gasteiger partial charge in [0.25, 0.3) is 0 Å². The van der Waals surface area contributed by atoms with E-state index in [0.29, 0.717) is 0 Å². The number of hydrogen-bond acceptors (Lipinski definition) is 4. The summed E-state index contributed by atoms with van der Waals surface area (Å²) in [6.07, 6.45) is 2.87. The van der Waals surface area contributed by atoms with E-state index in [1.807, 2.05) is 6.26 Å². The van der Waals surface area contributed by atoms with E-state index in [4.69, 9.17) is 5.73 Å². The molecular weight excluding hydrogens is 256 g/mol. The predicted octanol–water partition coefficient (Wildman–Crippen LogP) is 2.77. The van der Waals surface area contributed by atoms with Gasteiger partial charge in [-0.15, -0.1) is 10.2 Å². The van der Waals surface area contributed by atoms with Crippen LogP contribution >= 0.6 is 11.8 Å². The lowest BCUT2D eigenvalue weighted by Gasteiger charge is -2.13. The van der Waals surface area contributed by atoms with Gasteiger partial charge in [0.1, 0.15) is 0 Å². The maximum Gasteiger partial charge on any atom is 0.191 e. The zero-order chi connectivity index (χ0) is 13.8. The normalized spacial score (nSPS) is 12.6. The third-order valence-corrected chi connectivity index (χ3v) is 3.83. The van der Waals surface area contributed by atoms with Crippen LogP contribution in [0, 0.1) is 6.92 Å². The van der Waals surface area contributed by atoms with Gasteiger partial charge in [0, 0.05) is 0 Å². The third kappa shape index (κ3) is 3.16. The summed E-state index contributed by atoms with van der Waals surface area (Å²) >= 11 is 1.60. The van der Waals surface area contributed by atoms with Crippen LogP contribution in [-0.4, -0.2) is 21.0 Å². The quantitative estimate of drug-likeness (QED) is 0.853. The molecule has 0 saturated heterocycles. The van der Waals surface area contributed by atoms with Gasteiger partial charge in [-0.1, -0.05) is 48.5 Å². The second kappa shape index (κ2) is 6.21. The summed E-state index contributed by atoms with van der Waals surface area (Å²) in [4.78, 5) is 0. The van der Waals surface area contributed by atoms with Crippen LogP contribution in [0.5, 0.6) is 0 Å². The van der Waals surface area contributed by atoms with Crippen molar-refractivity contribution >= 4 is 11.8 Å². The van der Waals surface area contributed by atoms with Crippen LogP contribution in [-0.2, 0) is 6.54 Å². The van der Waals surface area contributed by atoms with Crippen LogP contribution < -0.4 is 5.73 Å². The Morgan fingerprint density at radius 2 is 1.95 bits per heavy atom. The van der Waals surface area contributed by atoms with Gasteiger partial charge in [-0.3, -0.25) is 0 Å². The molecule has 0 spiro atoms. The van der Waals surface area contributed by atoms with E-state index < -0.39 is 0 Å². The first-order valence-corrected chi connectivity index (χ1v) is 7.66. The Hall–Kier alpha value is -1.33. The Kier molecular flexibility index (Phi) is 4.61. The van der Waals surface area contributed by atoms with Crippen LogP contribution in [0.3, 0.4) is 0 Å². The number of aromatic nitrogens is 3. The summed E-state index contributed by atoms with van der Waals surface area (Å²) in [6, 6.07) is 8.47. The number of nitrogens with zero attached hydrogens (tertiary/aromatic N) is 3. The SMILES string of the molecule is CCC(N)c1nnc(SC)n1Cc1ccc(C)cc1. The van der Waals surface area contributed by atoms with E-state index in [-0.39, 0.29) is 6.04 Å². The monoisotopic (exact) mass is 276 g/mol. The lowest BCUT2D eigenvalue weighted by molar-refractivity contribution is 0.578. The fourth-order valence-corrected chi connectivity index (χ4v) is 2.43. The molecule has 2 rings (SSSR count). The summed E-state index contributed by atoms with van der Waals surface area (Å²) in [6.45, 7) is 4.93. The second-order valence-corrected chi connectivity index (χ2v) is 5.40. The highest BCUT2D eigenvalue weighted by Crippen LogP contribution is 2.20. The minimum atomic E-state index is -0.0566. The van der Waals surface area contributed by atoms with E-state index in [9.17, 15) is 0 Å². The van der Waals surface area contributed by atoms with Crippen molar-refractivity contribution in [2.24, 2.45) is 5.73 Å². The highest BCUT2D eigenvalue weighted by atomic mass is 32.2. The Labute approximate surface area is 118 Å². The van der Waals surface area contributed by atoms with Crippen molar-refractivity contribution < 1.29 is 0 Å². The van der Waals surface area contributed by atoms with Crippen LogP contribution in [0.15, 0.2) is 29.4 Å². The molecular formula is C14H20N4S. The molecule has 1 atom stereocenters. The molecule has 2 aromatic rings. The van der Waals surface area contributed by atoms with E-state index in [1.54, 1.807) is 11.8 Å². The first-order valence-electron chi connectivity index (χ1n) is 6.44. The fourth-order valence-electron chi connectivity index (χ4n) is 1.93. The lowest BCUT2D eigenvalue weighted by atomic mass is 10.1. The van der Waals surface area contributed by atoms with Gasteiger partial charge >= 0.3 is 0 Å². The third-order valence-electron chi connectivity index (χ3n) is 3.16. The molecule has 1 heterocycles. The smallest absolute Gasteiger partial charge is 0.191 e. The average Bonchev–Trinajstić information content (AvgIpc) is 2.83. The molecule has 1 unspecified atom stereocenters. The molecule has 19 heavy (non-hydrogen) atoms. The van der Waals surface area contributed by atoms with Crippen molar-refractivity contribution in [2.45, 2.75) is 38.0 Å². The topological polar surface area (TPSA) is 56.7 Å². The zero-order valence-electron chi connectivity index (χ0n) is 11.6. The van der Waals surface area contributed by atoms with Crippen LogP contribution in [0.1, 0.15) is 36.3 Å². The number of benzene rings is 1. The number of aryl methyl sites for hydroxylation is 1. The van der Waals surface area contributed by atoms with E-state index in [0.717, 1.165) is 23.9 Å². The molecule has 2 N–H and O–H groups in total. The van der Waals surface area contributed by atoms with Gasteiger partial charge < -0.3 is 10.3 Å². The molecule has 0 aliphatic carbocycles. The number of hydrogen-bond donors (Lipinski definition) is 1. The van der Waals surface area contributed by atoms with Crippen LogP contribution in [0.25, 0.3) is 0 Å². The standard InChI is InChI=1S/C14H20N4S/c1-4-12(15)13-16-17-14(19-3)18(13)9-11-7-5-10(2)6-8-11/h5-8,12H,4,9,15H2,1-3H3. The molecule has 4 nitrogen and oxygen atoms in total. The molecule has 0 amide bonds. The summed E-state index contributed by atoms with van der Waals surface area (Å²) in [5.74, 6) is 0.868. The predicted molar refractivity (Wildman–Crippen MR) is 79.3 cm³/mol. The van der Waals surface area contributed by atoms with E-state index in [2.05, 4.69) is 52.9 Å². The van der Waals surface area contributed by atoms with Crippen molar-refractivity contribution in [3.63, 3.8) is 0 Å². The van der Waals surface area contributed by atoms with Gasteiger partial charge in [-0.25, -0.2) is 0 Å². The van der Waals surface area contributed by atoms with Crippen molar-refractivity contribution in [1.29, 1.82) is 0 Å². The largest absolute Gasteiger partial charge is 0.321 e. The number of nitrogens with two attached hydrogens (primary N) is 1. The van der Waals surface area contributed by atoms with E-state index >= 15 is 0 Å².